The van der Waals surface area contributed by atoms with E-state index in [2.05, 4.69) is 0 Å². The summed E-state index contributed by atoms with van der Waals surface area (Å²) in [5.74, 6) is -1.76. The molecule has 0 saturated heterocycles. The Morgan fingerprint density at radius 3 is 2.44 bits per heavy atom. The molecule has 1 aliphatic carbocycles. The van der Waals surface area contributed by atoms with E-state index < -0.39 is 23.0 Å². The lowest BCUT2D eigenvalue weighted by atomic mass is 9.95. The normalized spacial score (nSPS) is 17.2. The monoisotopic (exact) mass is 245 g/mol. The van der Waals surface area contributed by atoms with E-state index in [1.54, 1.807) is 0 Å². The molecule has 0 unspecified atom stereocenters. The van der Waals surface area contributed by atoms with E-state index in [1.807, 2.05) is 0 Å². The number of carbonyl (C=O) groups is 1. The van der Waals surface area contributed by atoms with Crippen molar-refractivity contribution < 1.29 is 13.6 Å². The summed E-state index contributed by atoms with van der Waals surface area (Å²) in [5, 5.41) is -0.257. The molecule has 16 heavy (non-hydrogen) atoms. The summed E-state index contributed by atoms with van der Waals surface area (Å²) < 4.78 is 26.6. The van der Waals surface area contributed by atoms with E-state index in [0.717, 1.165) is 12.1 Å². The van der Waals surface area contributed by atoms with E-state index in [0.29, 0.717) is 12.8 Å². The number of hydrogen-bond acceptors (Lipinski definition) is 1. The van der Waals surface area contributed by atoms with Crippen LogP contribution >= 0.6 is 11.6 Å². The highest BCUT2D eigenvalue weighted by atomic mass is 35.5. The Kier molecular flexibility index (Phi) is 2.62. The van der Waals surface area contributed by atoms with Gasteiger partial charge in [0.25, 0.3) is 0 Å². The number of hydrogen-bond donors (Lipinski definition) is 1. The molecule has 1 fully saturated rings. The minimum absolute atomic E-state index is 0.0398. The van der Waals surface area contributed by atoms with Gasteiger partial charge in [-0.3, -0.25) is 4.79 Å². The van der Waals surface area contributed by atoms with E-state index in [1.165, 1.54) is 0 Å². The van der Waals surface area contributed by atoms with Crippen LogP contribution in [0.3, 0.4) is 0 Å². The van der Waals surface area contributed by atoms with Crippen molar-refractivity contribution in [2.24, 2.45) is 11.1 Å². The van der Waals surface area contributed by atoms with Gasteiger partial charge >= 0.3 is 0 Å². The molecule has 0 spiro atoms. The molecule has 0 aromatic heterocycles. The van der Waals surface area contributed by atoms with Gasteiger partial charge in [-0.1, -0.05) is 11.6 Å². The van der Waals surface area contributed by atoms with Gasteiger partial charge in [-0.25, -0.2) is 8.78 Å². The Morgan fingerprint density at radius 2 is 1.94 bits per heavy atom. The third kappa shape index (κ3) is 1.78. The second-order valence-electron chi connectivity index (χ2n) is 4.14. The van der Waals surface area contributed by atoms with Crippen molar-refractivity contribution in [2.75, 3.05) is 0 Å². The Morgan fingerprint density at radius 1 is 1.38 bits per heavy atom. The molecular formula is C11H10ClF2NO. The first-order valence-electron chi connectivity index (χ1n) is 4.88. The van der Waals surface area contributed by atoms with Crippen LogP contribution in [0.5, 0.6) is 0 Å². The van der Waals surface area contributed by atoms with Crippen LogP contribution in [0.2, 0.25) is 5.02 Å². The number of benzene rings is 1. The molecule has 0 bridgehead atoms. The molecule has 5 heteroatoms. The largest absolute Gasteiger partial charge is 0.369 e. The summed E-state index contributed by atoms with van der Waals surface area (Å²) in [6, 6.07) is 1.97. The molecule has 2 nitrogen and oxygen atoms in total. The number of carbonyl (C=O) groups excluding carboxylic acids is 1. The van der Waals surface area contributed by atoms with Crippen molar-refractivity contribution in [1.29, 1.82) is 0 Å². The van der Waals surface area contributed by atoms with Gasteiger partial charge in [-0.05, 0) is 31.4 Å². The first-order valence-corrected chi connectivity index (χ1v) is 5.26. The summed E-state index contributed by atoms with van der Waals surface area (Å²) in [5.41, 5.74) is 4.54. The van der Waals surface area contributed by atoms with Crippen LogP contribution in [0.4, 0.5) is 8.78 Å². The number of primary amides is 1. The number of amides is 1. The van der Waals surface area contributed by atoms with E-state index >= 15 is 0 Å². The fourth-order valence-corrected chi connectivity index (χ4v) is 1.95. The summed E-state index contributed by atoms with van der Waals surface area (Å²) in [4.78, 5) is 11.2. The lowest BCUT2D eigenvalue weighted by Gasteiger charge is -2.13. The lowest BCUT2D eigenvalue weighted by molar-refractivity contribution is -0.123. The molecule has 1 aliphatic rings. The maximum atomic E-state index is 13.4. The Balaban J connectivity index is 2.35. The van der Waals surface area contributed by atoms with Crippen molar-refractivity contribution in [3.63, 3.8) is 0 Å². The average Bonchev–Trinajstić information content (AvgIpc) is 3.00. The van der Waals surface area contributed by atoms with Gasteiger partial charge in [0.2, 0.25) is 5.91 Å². The standard InChI is InChI=1S/C11H10ClF2NO/c12-9-6(7(13)1-2-8(9)14)5-11(3-4-11)10(15)16/h1-2H,3-5H2,(H2,15,16). The SMILES string of the molecule is NC(=O)C1(Cc2c(F)ccc(F)c2Cl)CC1. The van der Waals surface area contributed by atoms with Gasteiger partial charge in [0, 0.05) is 5.56 Å². The Labute approximate surface area is 96.4 Å². The zero-order valence-electron chi connectivity index (χ0n) is 8.40. The Hall–Kier alpha value is -1.16. The summed E-state index contributed by atoms with van der Waals surface area (Å²) in [6.45, 7) is 0. The highest BCUT2D eigenvalue weighted by Crippen LogP contribution is 2.49. The smallest absolute Gasteiger partial charge is 0.223 e. The van der Waals surface area contributed by atoms with Crippen LogP contribution in [0.15, 0.2) is 12.1 Å². The van der Waals surface area contributed by atoms with Gasteiger partial charge in [-0.2, -0.15) is 0 Å². The van der Waals surface area contributed by atoms with E-state index in [-0.39, 0.29) is 17.0 Å². The zero-order chi connectivity index (χ0) is 11.9. The van der Waals surface area contributed by atoms with E-state index in [4.69, 9.17) is 17.3 Å². The first kappa shape index (κ1) is 11.3. The molecule has 0 heterocycles. The van der Waals surface area contributed by atoms with Crippen molar-refractivity contribution in [1.82, 2.24) is 0 Å². The molecule has 1 amide bonds. The summed E-state index contributed by atoms with van der Waals surface area (Å²) in [7, 11) is 0. The predicted molar refractivity (Wildman–Crippen MR) is 55.9 cm³/mol. The molecule has 86 valence electrons. The van der Waals surface area contributed by atoms with Crippen molar-refractivity contribution >= 4 is 17.5 Å². The van der Waals surface area contributed by atoms with Crippen LogP contribution in [-0.2, 0) is 11.2 Å². The molecule has 0 radical (unpaired) electrons. The minimum atomic E-state index is -0.724. The predicted octanol–water partition coefficient (Wildman–Crippen LogP) is 2.43. The topological polar surface area (TPSA) is 43.1 Å². The highest BCUT2D eigenvalue weighted by Gasteiger charge is 2.49. The van der Waals surface area contributed by atoms with Gasteiger partial charge in [0.1, 0.15) is 11.6 Å². The average molecular weight is 246 g/mol. The van der Waals surface area contributed by atoms with Gasteiger partial charge < -0.3 is 5.73 Å². The molecule has 1 aromatic rings. The van der Waals surface area contributed by atoms with Crippen LogP contribution in [0, 0.1) is 17.0 Å². The first-order chi connectivity index (χ1) is 7.46. The second kappa shape index (κ2) is 3.70. The van der Waals surface area contributed by atoms with Gasteiger partial charge in [-0.15, -0.1) is 0 Å². The number of nitrogens with two attached hydrogens (primary N) is 1. The van der Waals surface area contributed by atoms with Crippen molar-refractivity contribution in [3.05, 3.63) is 34.4 Å². The van der Waals surface area contributed by atoms with Crippen LogP contribution in [0.1, 0.15) is 18.4 Å². The highest BCUT2D eigenvalue weighted by molar-refractivity contribution is 6.31. The number of halogens is 3. The van der Waals surface area contributed by atoms with E-state index in [9.17, 15) is 13.6 Å². The summed E-state index contributed by atoms with van der Waals surface area (Å²) in [6.07, 6.45) is 1.29. The molecular weight excluding hydrogens is 236 g/mol. The van der Waals surface area contributed by atoms with Crippen molar-refractivity contribution in [2.45, 2.75) is 19.3 Å². The zero-order valence-corrected chi connectivity index (χ0v) is 9.15. The maximum Gasteiger partial charge on any atom is 0.223 e. The Bertz CT molecular complexity index is 458. The maximum absolute atomic E-state index is 13.4. The second-order valence-corrected chi connectivity index (χ2v) is 4.52. The van der Waals surface area contributed by atoms with Crippen LogP contribution in [-0.4, -0.2) is 5.91 Å². The molecule has 0 atom stereocenters. The fraction of sp³-hybridized carbons (Fsp3) is 0.364. The fourth-order valence-electron chi connectivity index (χ4n) is 1.73. The molecule has 1 aromatic carbocycles. The molecule has 1 saturated carbocycles. The quantitative estimate of drug-likeness (QED) is 0.817. The molecule has 2 N–H and O–H groups in total. The number of rotatable bonds is 3. The third-order valence-corrected chi connectivity index (χ3v) is 3.44. The van der Waals surface area contributed by atoms with Gasteiger partial charge in [0.15, 0.2) is 0 Å². The van der Waals surface area contributed by atoms with Crippen molar-refractivity contribution in [3.8, 4) is 0 Å². The lowest BCUT2D eigenvalue weighted by Crippen LogP contribution is -2.27. The minimum Gasteiger partial charge on any atom is -0.369 e. The van der Waals surface area contributed by atoms with Crippen LogP contribution < -0.4 is 5.73 Å². The van der Waals surface area contributed by atoms with Gasteiger partial charge in [0.05, 0.1) is 10.4 Å². The molecule has 2 rings (SSSR count). The molecule has 0 aliphatic heterocycles. The van der Waals surface area contributed by atoms with Crippen LogP contribution in [0.25, 0.3) is 0 Å². The summed E-state index contributed by atoms with van der Waals surface area (Å²) >= 11 is 5.67. The third-order valence-electron chi connectivity index (χ3n) is 3.03.